The molecule has 0 saturated carbocycles. The van der Waals surface area contributed by atoms with Crippen LogP contribution in [-0.4, -0.2) is 24.7 Å². The molecule has 0 aliphatic carbocycles. The van der Waals surface area contributed by atoms with Crippen LogP contribution in [0.25, 0.3) is 0 Å². The topological polar surface area (TPSA) is 34.1 Å². The molecule has 0 aromatic carbocycles. The molecule has 2 rings (SSSR count). The summed E-state index contributed by atoms with van der Waals surface area (Å²) in [6.45, 7) is 2.96. The number of piperidine rings is 1. The van der Waals surface area contributed by atoms with Crippen molar-refractivity contribution in [1.82, 2.24) is 10.3 Å². The fourth-order valence-electron chi connectivity index (χ4n) is 1.70. The van der Waals surface area contributed by atoms with Gasteiger partial charge in [0, 0.05) is 12.3 Å². The summed E-state index contributed by atoms with van der Waals surface area (Å²) in [5.74, 6) is 1.32. The van der Waals surface area contributed by atoms with E-state index in [2.05, 4.69) is 10.3 Å². The first-order valence-corrected chi connectivity index (χ1v) is 5.67. The summed E-state index contributed by atoms with van der Waals surface area (Å²) in [4.78, 5) is 4.09. The van der Waals surface area contributed by atoms with Crippen molar-refractivity contribution in [3.05, 3.63) is 23.4 Å². The third-order valence-corrected chi connectivity index (χ3v) is 2.85. The number of rotatable bonds is 3. The van der Waals surface area contributed by atoms with E-state index in [4.69, 9.17) is 16.3 Å². The lowest BCUT2D eigenvalue weighted by atomic mass is 9.99. The maximum Gasteiger partial charge on any atom is 0.213 e. The van der Waals surface area contributed by atoms with E-state index < -0.39 is 0 Å². The first-order chi connectivity index (χ1) is 7.34. The molecule has 1 saturated heterocycles. The first-order valence-electron chi connectivity index (χ1n) is 5.29. The molecule has 1 aromatic heterocycles. The van der Waals surface area contributed by atoms with E-state index in [1.807, 2.05) is 6.07 Å². The Labute approximate surface area is 107 Å². The predicted molar refractivity (Wildman–Crippen MR) is 67.6 cm³/mol. The van der Waals surface area contributed by atoms with Crippen LogP contribution in [0.4, 0.5) is 0 Å². The van der Waals surface area contributed by atoms with E-state index in [1.54, 1.807) is 12.3 Å². The molecule has 0 bridgehead atoms. The molecule has 0 amide bonds. The molecule has 2 heterocycles. The summed E-state index contributed by atoms with van der Waals surface area (Å²) in [6.07, 6.45) is 3.99. The summed E-state index contributed by atoms with van der Waals surface area (Å²) >= 11 is 5.73. The molecular weight excluding hydrogens is 247 g/mol. The first kappa shape index (κ1) is 13.6. The zero-order valence-corrected chi connectivity index (χ0v) is 10.6. The van der Waals surface area contributed by atoms with E-state index in [9.17, 15) is 0 Å². The number of ether oxygens (including phenoxy) is 1. The van der Waals surface area contributed by atoms with Gasteiger partial charge < -0.3 is 10.1 Å². The quantitative estimate of drug-likeness (QED) is 0.909. The standard InChI is InChI=1S/C11H15ClN2O.ClH/c12-10-1-2-11(14-7-10)15-8-9-3-5-13-6-4-9;/h1-2,7,9,13H,3-6,8H2;1H. The van der Waals surface area contributed by atoms with Crippen LogP contribution in [0, 0.1) is 5.92 Å². The van der Waals surface area contributed by atoms with Gasteiger partial charge in [0.15, 0.2) is 0 Å². The smallest absolute Gasteiger partial charge is 0.213 e. The molecule has 0 unspecified atom stereocenters. The van der Waals surface area contributed by atoms with Gasteiger partial charge >= 0.3 is 0 Å². The van der Waals surface area contributed by atoms with Crippen molar-refractivity contribution in [3.8, 4) is 5.88 Å². The van der Waals surface area contributed by atoms with Gasteiger partial charge in [0.25, 0.3) is 0 Å². The number of halogens is 2. The zero-order chi connectivity index (χ0) is 10.5. The van der Waals surface area contributed by atoms with Gasteiger partial charge in [0.1, 0.15) is 0 Å². The van der Waals surface area contributed by atoms with Crippen LogP contribution in [0.15, 0.2) is 18.3 Å². The molecule has 3 nitrogen and oxygen atoms in total. The normalized spacial score (nSPS) is 16.6. The number of pyridine rings is 1. The fraction of sp³-hybridized carbons (Fsp3) is 0.545. The highest BCUT2D eigenvalue weighted by molar-refractivity contribution is 6.30. The Morgan fingerprint density at radius 2 is 2.12 bits per heavy atom. The lowest BCUT2D eigenvalue weighted by molar-refractivity contribution is 0.209. The fourth-order valence-corrected chi connectivity index (χ4v) is 1.81. The highest BCUT2D eigenvalue weighted by atomic mass is 35.5. The Morgan fingerprint density at radius 1 is 1.38 bits per heavy atom. The Hall–Kier alpha value is -0.510. The van der Waals surface area contributed by atoms with Crippen LogP contribution in [0.1, 0.15) is 12.8 Å². The van der Waals surface area contributed by atoms with Crippen LogP contribution in [0.5, 0.6) is 5.88 Å². The lowest BCUT2D eigenvalue weighted by Crippen LogP contribution is -2.30. The number of aromatic nitrogens is 1. The second kappa shape index (κ2) is 6.94. The van der Waals surface area contributed by atoms with Crippen molar-refractivity contribution >= 4 is 24.0 Å². The van der Waals surface area contributed by atoms with Crippen molar-refractivity contribution < 1.29 is 4.74 Å². The second-order valence-electron chi connectivity index (χ2n) is 3.82. The Kier molecular flexibility index (Phi) is 5.88. The third kappa shape index (κ3) is 4.16. The van der Waals surface area contributed by atoms with Crippen LogP contribution < -0.4 is 10.1 Å². The minimum absolute atomic E-state index is 0. The second-order valence-corrected chi connectivity index (χ2v) is 4.26. The van der Waals surface area contributed by atoms with Crippen LogP contribution in [-0.2, 0) is 0 Å². The highest BCUT2D eigenvalue weighted by Gasteiger charge is 2.13. The van der Waals surface area contributed by atoms with E-state index in [0.29, 0.717) is 16.8 Å². The van der Waals surface area contributed by atoms with Gasteiger partial charge in [-0.05, 0) is 37.9 Å². The van der Waals surface area contributed by atoms with E-state index in [-0.39, 0.29) is 12.4 Å². The average molecular weight is 263 g/mol. The van der Waals surface area contributed by atoms with Crippen molar-refractivity contribution in [2.24, 2.45) is 5.92 Å². The average Bonchev–Trinajstić information content (AvgIpc) is 2.30. The molecule has 16 heavy (non-hydrogen) atoms. The maximum absolute atomic E-state index is 5.73. The lowest BCUT2D eigenvalue weighted by Gasteiger charge is -2.22. The number of nitrogens with zero attached hydrogens (tertiary/aromatic N) is 1. The Morgan fingerprint density at radius 3 is 2.75 bits per heavy atom. The predicted octanol–water partition coefficient (Wildman–Crippen LogP) is 2.54. The number of hydrogen-bond donors (Lipinski definition) is 1. The van der Waals surface area contributed by atoms with Gasteiger partial charge in [0.05, 0.1) is 11.6 Å². The molecular formula is C11H16Cl2N2O. The molecule has 0 spiro atoms. The van der Waals surface area contributed by atoms with Crippen molar-refractivity contribution in [2.45, 2.75) is 12.8 Å². The minimum Gasteiger partial charge on any atom is -0.477 e. The monoisotopic (exact) mass is 262 g/mol. The largest absolute Gasteiger partial charge is 0.477 e. The SMILES string of the molecule is Cl.Clc1ccc(OCC2CCNCC2)nc1. The van der Waals surface area contributed by atoms with E-state index >= 15 is 0 Å². The van der Waals surface area contributed by atoms with Gasteiger partial charge in [0.2, 0.25) is 5.88 Å². The van der Waals surface area contributed by atoms with Crippen LogP contribution in [0.3, 0.4) is 0 Å². The minimum atomic E-state index is 0. The molecule has 1 fully saturated rings. The maximum atomic E-state index is 5.73. The van der Waals surface area contributed by atoms with E-state index in [0.717, 1.165) is 19.7 Å². The summed E-state index contributed by atoms with van der Waals surface area (Å²) in [6, 6.07) is 3.61. The van der Waals surface area contributed by atoms with Crippen molar-refractivity contribution in [3.63, 3.8) is 0 Å². The molecule has 90 valence electrons. The summed E-state index contributed by atoms with van der Waals surface area (Å²) in [5, 5.41) is 3.97. The van der Waals surface area contributed by atoms with Gasteiger partial charge in [-0.2, -0.15) is 0 Å². The van der Waals surface area contributed by atoms with Gasteiger partial charge in [-0.25, -0.2) is 4.98 Å². The Bertz CT molecular complexity index is 299. The number of hydrogen-bond acceptors (Lipinski definition) is 3. The van der Waals surface area contributed by atoms with E-state index in [1.165, 1.54) is 12.8 Å². The zero-order valence-electron chi connectivity index (χ0n) is 8.99. The summed E-state index contributed by atoms with van der Waals surface area (Å²) in [7, 11) is 0. The molecule has 5 heteroatoms. The number of nitrogens with one attached hydrogen (secondary N) is 1. The molecule has 1 aliphatic heterocycles. The van der Waals surface area contributed by atoms with Gasteiger partial charge in [-0.15, -0.1) is 12.4 Å². The van der Waals surface area contributed by atoms with Crippen molar-refractivity contribution in [1.29, 1.82) is 0 Å². The molecule has 1 aromatic rings. The van der Waals surface area contributed by atoms with Crippen molar-refractivity contribution in [2.75, 3.05) is 19.7 Å². The van der Waals surface area contributed by atoms with Crippen LogP contribution in [0.2, 0.25) is 5.02 Å². The third-order valence-electron chi connectivity index (χ3n) is 2.63. The molecule has 1 N–H and O–H groups in total. The summed E-state index contributed by atoms with van der Waals surface area (Å²) < 4.78 is 5.60. The molecule has 0 radical (unpaired) electrons. The highest BCUT2D eigenvalue weighted by Crippen LogP contribution is 2.15. The molecule has 1 aliphatic rings. The summed E-state index contributed by atoms with van der Waals surface area (Å²) in [5.41, 5.74) is 0. The van der Waals surface area contributed by atoms with Gasteiger partial charge in [-0.1, -0.05) is 11.6 Å². The Balaban J connectivity index is 0.00000128. The van der Waals surface area contributed by atoms with Crippen LogP contribution >= 0.6 is 24.0 Å². The molecule has 0 atom stereocenters. The van der Waals surface area contributed by atoms with Gasteiger partial charge in [-0.3, -0.25) is 0 Å².